The van der Waals surface area contributed by atoms with Crippen LogP contribution in [0.2, 0.25) is 0 Å². The van der Waals surface area contributed by atoms with Gasteiger partial charge in [0.2, 0.25) is 0 Å². The molecule has 0 saturated carbocycles. The maximum atomic E-state index is 12.8. The van der Waals surface area contributed by atoms with Crippen LogP contribution >= 0.6 is 28.1 Å². The second-order valence-corrected chi connectivity index (χ2v) is 6.78. The molecule has 2 unspecified atom stereocenters. The van der Waals surface area contributed by atoms with Crippen molar-refractivity contribution in [2.45, 2.75) is 13.0 Å². The molecule has 6 heteroatoms. The van der Waals surface area contributed by atoms with Gasteiger partial charge in [0.1, 0.15) is 5.92 Å². The lowest BCUT2D eigenvalue weighted by molar-refractivity contribution is -0.146. The molecule has 2 aromatic rings. The van der Waals surface area contributed by atoms with Gasteiger partial charge >= 0.3 is 5.97 Å². The van der Waals surface area contributed by atoms with Crippen LogP contribution in [0.25, 0.3) is 0 Å². The minimum absolute atomic E-state index is 0.310. The number of nitrogens with zero attached hydrogens (tertiary/aromatic N) is 1. The zero-order valence-corrected chi connectivity index (χ0v) is 16.0. The average Bonchev–Trinajstić information content (AvgIpc) is 2.62. The van der Waals surface area contributed by atoms with E-state index >= 15 is 0 Å². The highest BCUT2D eigenvalue weighted by atomic mass is 79.9. The molecule has 0 aromatic heterocycles. The smallest absolute Gasteiger partial charge is 0.317 e. The van der Waals surface area contributed by atoms with E-state index in [0.717, 1.165) is 15.6 Å². The van der Waals surface area contributed by atoms with Crippen LogP contribution < -0.4 is 5.32 Å². The molecule has 1 N–H and O–H groups in total. The Bertz CT molecular complexity index is 823. The van der Waals surface area contributed by atoms with E-state index in [1.807, 2.05) is 54.6 Å². The first-order valence-electron chi connectivity index (χ1n) is 7.97. The van der Waals surface area contributed by atoms with Gasteiger partial charge in [-0.3, -0.25) is 4.79 Å². The quantitative estimate of drug-likeness (QED) is 0.603. The van der Waals surface area contributed by atoms with Gasteiger partial charge < -0.3 is 10.1 Å². The number of benzene rings is 2. The van der Waals surface area contributed by atoms with Gasteiger partial charge in [0.25, 0.3) is 0 Å². The van der Waals surface area contributed by atoms with Crippen molar-refractivity contribution in [3.63, 3.8) is 0 Å². The molecule has 0 saturated heterocycles. The largest absolute Gasteiger partial charge is 0.465 e. The van der Waals surface area contributed by atoms with Gasteiger partial charge in [-0.2, -0.15) is 0 Å². The Balaban J connectivity index is 2.12. The number of aliphatic imine (C=N–C) groups is 1. The highest BCUT2D eigenvalue weighted by Gasteiger charge is 2.40. The zero-order valence-electron chi connectivity index (χ0n) is 13.6. The summed E-state index contributed by atoms with van der Waals surface area (Å²) in [6.07, 6.45) is 0. The lowest BCUT2D eigenvalue weighted by atomic mass is 9.85. The first kappa shape index (κ1) is 17.8. The molecule has 0 aliphatic carbocycles. The van der Waals surface area contributed by atoms with Crippen LogP contribution in [0.4, 0.5) is 0 Å². The molecule has 1 heterocycles. The molecule has 2 atom stereocenters. The number of nitrogens with one attached hydrogen (secondary N) is 1. The monoisotopic (exact) mass is 416 g/mol. The van der Waals surface area contributed by atoms with Crippen LogP contribution in [0.5, 0.6) is 0 Å². The molecular formula is C19H17BrN2O2S. The fourth-order valence-corrected chi connectivity index (χ4v) is 3.66. The van der Waals surface area contributed by atoms with Crippen molar-refractivity contribution in [3.05, 3.63) is 70.2 Å². The summed E-state index contributed by atoms with van der Waals surface area (Å²) in [7, 11) is 0. The van der Waals surface area contributed by atoms with E-state index in [2.05, 4.69) is 26.2 Å². The Kier molecular flexibility index (Phi) is 5.60. The summed E-state index contributed by atoms with van der Waals surface area (Å²) in [5, 5.41) is 3.54. The van der Waals surface area contributed by atoms with E-state index in [1.54, 1.807) is 6.92 Å². The lowest BCUT2D eigenvalue weighted by Crippen LogP contribution is -2.45. The Labute approximate surface area is 160 Å². The minimum Gasteiger partial charge on any atom is -0.465 e. The molecule has 0 radical (unpaired) electrons. The molecule has 1 aliphatic heterocycles. The molecule has 0 fully saturated rings. The number of esters is 1. The van der Waals surface area contributed by atoms with E-state index in [1.165, 1.54) is 0 Å². The van der Waals surface area contributed by atoms with Crippen LogP contribution in [0, 0.1) is 5.92 Å². The predicted molar refractivity (Wildman–Crippen MR) is 106 cm³/mol. The number of halogens is 1. The van der Waals surface area contributed by atoms with E-state index in [0.29, 0.717) is 17.4 Å². The van der Waals surface area contributed by atoms with Crippen LogP contribution in [-0.4, -0.2) is 23.4 Å². The van der Waals surface area contributed by atoms with Crippen molar-refractivity contribution < 1.29 is 9.53 Å². The third-order valence-electron chi connectivity index (χ3n) is 3.98. The molecular weight excluding hydrogens is 400 g/mol. The van der Waals surface area contributed by atoms with Crippen LogP contribution in [0.3, 0.4) is 0 Å². The Hall–Kier alpha value is -2.05. The maximum Gasteiger partial charge on any atom is 0.317 e. The minimum atomic E-state index is -0.590. The SMILES string of the molecule is CCOC(=O)C1C(c2ccccc2)=NC(=S)NC1c1ccccc1Br. The van der Waals surface area contributed by atoms with Crippen LogP contribution in [0.1, 0.15) is 24.1 Å². The molecule has 0 amide bonds. The average molecular weight is 417 g/mol. The number of thiocarbonyl (C=S) groups is 1. The number of carbonyl (C=O) groups excluding carboxylic acids is 1. The lowest BCUT2D eigenvalue weighted by Gasteiger charge is -2.32. The second-order valence-electron chi connectivity index (χ2n) is 5.54. The summed E-state index contributed by atoms with van der Waals surface area (Å²) in [6.45, 7) is 2.11. The van der Waals surface area contributed by atoms with Crippen LogP contribution in [-0.2, 0) is 9.53 Å². The van der Waals surface area contributed by atoms with Crippen molar-refractivity contribution >= 4 is 44.9 Å². The van der Waals surface area contributed by atoms with E-state index in [-0.39, 0.29) is 12.0 Å². The fraction of sp³-hybridized carbons (Fsp3) is 0.211. The first-order chi connectivity index (χ1) is 12.1. The summed E-state index contributed by atoms with van der Waals surface area (Å²) in [6, 6.07) is 17.0. The predicted octanol–water partition coefficient (Wildman–Crippen LogP) is 4.05. The normalized spacial score (nSPS) is 19.8. The highest BCUT2D eigenvalue weighted by Crippen LogP contribution is 2.34. The standard InChI is InChI=1S/C19H17BrN2O2S/c1-2-24-18(23)15-16(12-8-4-3-5-9-12)21-19(25)22-17(15)13-10-6-7-11-14(13)20/h3-11,15,17H,2H2,1H3,(H,22,25). The molecule has 0 bridgehead atoms. The summed E-state index contributed by atoms with van der Waals surface area (Å²) < 4.78 is 6.24. The Morgan fingerprint density at radius 3 is 2.56 bits per heavy atom. The van der Waals surface area contributed by atoms with Crippen molar-refractivity contribution in [1.82, 2.24) is 5.32 Å². The topological polar surface area (TPSA) is 50.7 Å². The number of hydrogen-bond donors (Lipinski definition) is 1. The number of ether oxygens (including phenoxy) is 1. The second kappa shape index (κ2) is 7.89. The summed E-state index contributed by atoms with van der Waals surface area (Å²) in [5.74, 6) is -0.909. The number of carbonyl (C=O) groups is 1. The number of rotatable bonds is 4. The summed E-state index contributed by atoms with van der Waals surface area (Å²) >= 11 is 8.91. The zero-order chi connectivity index (χ0) is 17.8. The highest BCUT2D eigenvalue weighted by molar-refractivity contribution is 9.10. The third-order valence-corrected chi connectivity index (χ3v) is 4.91. The number of hydrogen-bond acceptors (Lipinski definition) is 3. The van der Waals surface area contributed by atoms with Gasteiger partial charge in [-0.05, 0) is 36.3 Å². The van der Waals surface area contributed by atoms with Gasteiger partial charge in [0.15, 0.2) is 5.11 Å². The maximum absolute atomic E-state index is 12.8. The van der Waals surface area contributed by atoms with Crippen molar-refractivity contribution in [2.24, 2.45) is 10.9 Å². The van der Waals surface area contributed by atoms with E-state index < -0.39 is 5.92 Å². The molecule has 25 heavy (non-hydrogen) atoms. The van der Waals surface area contributed by atoms with Crippen molar-refractivity contribution in [3.8, 4) is 0 Å². The Morgan fingerprint density at radius 1 is 1.20 bits per heavy atom. The molecule has 3 rings (SSSR count). The molecule has 4 nitrogen and oxygen atoms in total. The molecule has 1 aliphatic rings. The summed E-state index contributed by atoms with van der Waals surface area (Å²) in [5.41, 5.74) is 2.43. The van der Waals surface area contributed by atoms with Gasteiger partial charge in [-0.15, -0.1) is 0 Å². The van der Waals surface area contributed by atoms with E-state index in [9.17, 15) is 4.79 Å². The summed E-state index contributed by atoms with van der Waals surface area (Å²) in [4.78, 5) is 17.2. The van der Waals surface area contributed by atoms with Gasteiger partial charge in [0, 0.05) is 4.47 Å². The van der Waals surface area contributed by atoms with Gasteiger partial charge in [-0.25, -0.2) is 4.99 Å². The van der Waals surface area contributed by atoms with Crippen molar-refractivity contribution in [2.75, 3.05) is 6.61 Å². The molecule has 128 valence electrons. The fourth-order valence-electron chi connectivity index (χ4n) is 2.90. The third kappa shape index (κ3) is 3.80. The van der Waals surface area contributed by atoms with E-state index in [4.69, 9.17) is 17.0 Å². The molecule has 0 spiro atoms. The van der Waals surface area contributed by atoms with Gasteiger partial charge in [-0.1, -0.05) is 64.5 Å². The molecule has 2 aromatic carbocycles. The Morgan fingerprint density at radius 2 is 1.88 bits per heavy atom. The van der Waals surface area contributed by atoms with Gasteiger partial charge in [0.05, 0.1) is 18.4 Å². The van der Waals surface area contributed by atoms with Crippen LogP contribution in [0.15, 0.2) is 64.1 Å². The van der Waals surface area contributed by atoms with Crippen molar-refractivity contribution in [1.29, 1.82) is 0 Å². The first-order valence-corrected chi connectivity index (χ1v) is 9.17.